The minimum absolute atomic E-state index is 0.354. The smallest absolute Gasteiger partial charge is 0.321 e. The summed E-state index contributed by atoms with van der Waals surface area (Å²) in [7, 11) is -2.08. The Balaban J connectivity index is 1.64. The summed E-state index contributed by atoms with van der Waals surface area (Å²) < 4.78 is 27.6. The fraction of sp³-hybridized carbons (Fsp3) is 0.579. The number of nitrogens with one attached hydrogen (secondary N) is 3. The molecule has 0 bridgehead atoms. The molecule has 3 rings (SSSR count). The molecule has 1 aliphatic carbocycles. The number of sulfonamides is 1. The molecule has 9 heteroatoms. The molecule has 1 aromatic rings. The van der Waals surface area contributed by atoms with Gasteiger partial charge in [-0.15, -0.1) is 0 Å². The van der Waals surface area contributed by atoms with Crippen molar-refractivity contribution in [1.82, 2.24) is 14.9 Å². The average Bonchev–Trinajstić information content (AvgIpc) is 2.72. The normalized spacial score (nSPS) is 19.5. The summed E-state index contributed by atoms with van der Waals surface area (Å²) in [4.78, 5) is 24.8. The number of rotatable bonds is 4. The van der Waals surface area contributed by atoms with Gasteiger partial charge in [-0.2, -0.15) is 4.31 Å². The van der Waals surface area contributed by atoms with Gasteiger partial charge in [-0.25, -0.2) is 13.2 Å². The van der Waals surface area contributed by atoms with Crippen molar-refractivity contribution >= 4 is 22.0 Å². The van der Waals surface area contributed by atoms with Crippen LogP contribution in [0.1, 0.15) is 30.9 Å². The summed E-state index contributed by atoms with van der Waals surface area (Å²) >= 11 is 0. The summed E-state index contributed by atoms with van der Waals surface area (Å²) in [5.74, 6) is -0.361. The third kappa shape index (κ3) is 4.37. The second kappa shape index (κ2) is 8.59. The van der Waals surface area contributed by atoms with E-state index < -0.39 is 22.1 Å². The highest BCUT2D eigenvalue weighted by Gasteiger charge is 2.35. The fourth-order valence-electron chi connectivity index (χ4n) is 3.93. The van der Waals surface area contributed by atoms with Gasteiger partial charge >= 0.3 is 6.03 Å². The summed E-state index contributed by atoms with van der Waals surface area (Å²) in [6.07, 6.45) is 4.23. The lowest BCUT2D eigenvalue weighted by Crippen LogP contribution is -3.19. The van der Waals surface area contributed by atoms with Crippen LogP contribution in [-0.2, 0) is 27.7 Å². The zero-order valence-corrected chi connectivity index (χ0v) is 17.3. The van der Waals surface area contributed by atoms with Gasteiger partial charge in [-0.3, -0.25) is 10.1 Å². The van der Waals surface area contributed by atoms with Gasteiger partial charge in [0.25, 0.3) is 5.91 Å². The van der Waals surface area contributed by atoms with Crippen molar-refractivity contribution in [2.45, 2.75) is 43.5 Å². The summed E-state index contributed by atoms with van der Waals surface area (Å²) in [6.45, 7) is 3.50. The van der Waals surface area contributed by atoms with Crippen LogP contribution in [0.5, 0.6) is 0 Å². The van der Waals surface area contributed by atoms with Crippen molar-refractivity contribution < 1.29 is 22.9 Å². The van der Waals surface area contributed by atoms with E-state index in [9.17, 15) is 18.0 Å². The van der Waals surface area contributed by atoms with Gasteiger partial charge in [0.2, 0.25) is 10.0 Å². The molecule has 1 heterocycles. The van der Waals surface area contributed by atoms with Crippen LogP contribution in [0.25, 0.3) is 0 Å². The molecule has 0 aromatic heterocycles. The molecule has 1 fully saturated rings. The molecule has 0 spiro atoms. The number of hydrogen-bond acceptors (Lipinski definition) is 4. The Hall–Kier alpha value is -1.97. The number of fused-ring (bicyclic) bond motifs is 1. The van der Waals surface area contributed by atoms with Crippen LogP contribution < -0.4 is 15.5 Å². The lowest BCUT2D eigenvalue weighted by Gasteiger charge is -2.34. The van der Waals surface area contributed by atoms with Crippen molar-refractivity contribution in [2.75, 3.05) is 33.2 Å². The Kier molecular flexibility index (Phi) is 6.36. The lowest BCUT2D eigenvalue weighted by atomic mass is 9.92. The van der Waals surface area contributed by atoms with Gasteiger partial charge in [-0.05, 0) is 55.9 Å². The van der Waals surface area contributed by atoms with Crippen LogP contribution in [-0.4, -0.2) is 63.9 Å². The van der Waals surface area contributed by atoms with E-state index in [4.69, 9.17) is 0 Å². The Labute approximate surface area is 166 Å². The fourth-order valence-corrected chi connectivity index (χ4v) is 5.43. The number of carbonyl (C=O) groups excluding carboxylic acids is 2. The second-order valence-electron chi connectivity index (χ2n) is 7.49. The number of piperazine rings is 1. The molecular weight excluding hydrogens is 380 g/mol. The van der Waals surface area contributed by atoms with Gasteiger partial charge in [0, 0.05) is 7.05 Å². The van der Waals surface area contributed by atoms with Crippen molar-refractivity contribution in [3.63, 3.8) is 0 Å². The monoisotopic (exact) mass is 409 g/mol. The van der Waals surface area contributed by atoms with Gasteiger partial charge in [0.05, 0.1) is 31.1 Å². The minimum atomic E-state index is -3.53. The maximum absolute atomic E-state index is 13.1. The molecule has 0 radical (unpaired) electrons. The Morgan fingerprint density at radius 3 is 2.39 bits per heavy atom. The van der Waals surface area contributed by atoms with E-state index in [0.717, 1.165) is 36.1 Å². The summed E-state index contributed by atoms with van der Waals surface area (Å²) in [5, 5.41) is 4.63. The van der Waals surface area contributed by atoms with Crippen molar-refractivity contribution in [1.29, 1.82) is 0 Å². The quantitative estimate of drug-likeness (QED) is 0.612. The average molecular weight is 410 g/mol. The topological polar surface area (TPSA) is 100 Å². The Morgan fingerprint density at radius 2 is 1.75 bits per heavy atom. The minimum Gasteiger partial charge on any atom is -0.341 e. The van der Waals surface area contributed by atoms with E-state index in [1.54, 1.807) is 13.0 Å². The molecule has 0 saturated carbocycles. The van der Waals surface area contributed by atoms with Gasteiger partial charge in [0.15, 0.2) is 6.04 Å². The maximum Gasteiger partial charge on any atom is 0.321 e. The first-order valence-electron chi connectivity index (χ1n) is 9.82. The molecule has 154 valence electrons. The third-order valence-corrected chi connectivity index (χ3v) is 7.69. The Bertz CT molecular complexity index is 847. The standard InChI is InChI=1S/C19H28N4O4S/c1-14(18(24)21-19(25)20-2)22-9-11-23(12-10-22)28(26,27)17-8-7-15-5-3-4-6-16(15)13-17/h7-8,13-14H,3-6,9-12H2,1-2H3,(H2,20,21,24,25)/p+1/t14-/m1/s1. The molecule has 1 saturated heterocycles. The molecule has 1 aliphatic heterocycles. The van der Waals surface area contributed by atoms with Crippen LogP contribution in [0.3, 0.4) is 0 Å². The first-order chi connectivity index (χ1) is 13.3. The number of quaternary nitrogens is 1. The number of benzene rings is 1. The third-order valence-electron chi connectivity index (χ3n) is 5.79. The molecule has 3 amide bonds. The Morgan fingerprint density at radius 1 is 1.11 bits per heavy atom. The molecule has 28 heavy (non-hydrogen) atoms. The van der Waals surface area contributed by atoms with E-state index in [-0.39, 0.29) is 5.91 Å². The predicted octanol–water partition coefficient (Wildman–Crippen LogP) is -0.701. The van der Waals surface area contributed by atoms with Crippen LogP contribution in [0, 0.1) is 0 Å². The molecule has 1 atom stereocenters. The molecular formula is C19H29N4O4S+. The van der Waals surface area contributed by atoms with Crippen LogP contribution in [0.2, 0.25) is 0 Å². The van der Waals surface area contributed by atoms with Crippen molar-refractivity contribution in [2.24, 2.45) is 0 Å². The van der Waals surface area contributed by atoms with E-state index in [0.29, 0.717) is 31.1 Å². The highest BCUT2D eigenvalue weighted by Crippen LogP contribution is 2.25. The molecule has 1 aromatic carbocycles. The first-order valence-corrected chi connectivity index (χ1v) is 11.3. The van der Waals surface area contributed by atoms with Crippen LogP contribution >= 0.6 is 0 Å². The first kappa shape index (κ1) is 20.8. The molecule has 2 aliphatic rings. The van der Waals surface area contributed by atoms with Gasteiger partial charge < -0.3 is 10.2 Å². The van der Waals surface area contributed by atoms with Crippen molar-refractivity contribution in [3.8, 4) is 0 Å². The highest BCUT2D eigenvalue weighted by atomic mass is 32.2. The molecule has 0 unspecified atom stereocenters. The van der Waals surface area contributed by atoms with E-state index in [2.05, 4.69) is 10.6 Å². The maximum atomic E-state index is 13.1. The van der Waals surface area contributed by atoms with Crippen LogP contribution in [0.15, 0.2) is 23.1 Å². The number of hydrogen-bond donors (Lipinski definition) is 3. The molecule has 8 nitrogen and oxygen atoms in total. The number of urea groups is 1. The second-order valence-corrected chi connectivity index (χ2v) is 9.43. The number of carbonyl (C=O) groups is 2. The number of nitrogens with zero attached hydrogens (tertiary/aromatic N) is 1. The van der Waals surface area contributed by atoms with E-state index >= 15 is 0 Å². The van der Waals surface area contributed by atoms with Crippen molar-refractivity contribution in [3.05, 3.63) is 29.3 Å². The van der Waals surface area contributed by atoms with E-state index in [1.807, 2.05) is 12.1 Å². The zero-order valence-electron chi connectivity index (χ0n) is 16.5. The lowest BCUT2D eigenvalue weighted by molar-refractivity contribution is -0.917. The number of amides is 3. The highest BCUT2D eigenvalue weighted by molar-refractivity contribution is 7.89. The largest absolute Gasteiger partial charge is 0.341 e. The van der Waals surface area contributed by atoms with Gasteiger partial charge in [-0.1, -0.05) is 6.07 Å². The number of imide groups is 1. The summed E-state index contributed by atoms with van der Waals surface area (Å²) in [5.41, 5.74) is 2.41. The van der Waals surface area contributed by atoms with Gasteiger partial charge in [0.1, 0.15) is 0 Å². The summed E-state index contributed by atoms with van der Waals surface area (Å²) in [6, 6.07) is 4.55. The van der Waals surface area contributed by atoms with Crippen LogP contribution in [0.4, 0.5) is 4.79 Å². The molecule has 3 N–H and O–H groups in total. The predicted molar refractivity (Wildman–Crippen MR) is 105 cm³/mol. The SMILES string of the molecule is CNC(=O)NC(=O)[C@@H](C)[NH+]1CCN(S(=O)(=O)c2ccc3c(c2)CCCC3)CC1. The number of aryl methyl sites for hydroxylation is 2. The zero-order chi connectivity index (χ0) is 20.3. The van der Waals surface area contributed by atoms with E-state index in [1.165, 1.54) is 16.9 Å².